The molecule has 0 aliphatic rings. The quantitative estimate of drug-likeness (QED) is 0.306. The number of hydrogen-bond donors (Lipinski definition) is 2. The minimum Gasteiger partial charge on any atom is -0.507 e. The van der Waals surface area contributed by atoms with E-state index in [1.165, 1.54) is 25.1 Å². The predicted octanol–water partition coefficient (Wildman–Crippen LogP) is 4.38. The maximum Gasteiger partial charge on any atom is 0.308 e. The molecule has 0 aliphatic carbocycles. The summed E-state index contributed by atoms with van der Waals surface area (Å²) in [5.41, 5.74) is 2.49. The summed E-state index contributed by atoms with van der Waals surface area (Å²) in [7, 11) is 0. The number of amides is 1. The van der Waals surface area contributed by atoms with Crippen LogP contribution in [0.4, 0.5) is 5.69 Å². The Morgan fingerprint density at radius 3 is 2.52 bits per heavy atom. The van der Waals surface area contributed by atoms with Crippen LogP contribution in [0.5, 0.6) is 11.5 Å². The Labute approximate surface area is 165 Å². The van der Waals surface area contributed by atoms with E-state index in [0.717, 1.165) is 0 Å². The van der Waals surface area contributed by atoms with Crippen LogP contribution in [0.15, 0.2) is 71.1 Å². The number of anilines is 1. The van der Waals surface area contributed by atoms with E-state index >= 15 is 0 Å². The molecule has 0 atom stereocenters. The van der Waals surface area contributed by atoms with Gasteiger partial charge in [0.05, 0.1) is 5.56 Å². The Bertz CT molecular complexity index is 1180. The first-order valence-electron chi connectivity index (χ1n) is 8.78. The molecule has 29 heavy (non-hydrogen) atoms. The molecule has 2 N–H and O–H groups in total. The van der Waals surface area contributed by atoms with Crippen molar-refractivity contribution in [2.75, 3.05) is 5.32 Å². The Hall–Kier alpha value is -4.13. The van der Waals surface area contributed by atoms with Crippen molar-refractivity contribution in [1.82, 2.24) is 4.98 Å². The fourth-order valence-corrected chi connectivity index (χ4v) is 2.82. The van der Waals surface area contributed by atoms with Gasteiger partial charge in [-0.25, -0.2) is 4.98 Å². The van der Waals surface area contributed by atoms with Gasteiger partial charge in [-0.3, -0.25) is 9.59 Å². The van der Waals surface area contributed by atoms with E-state index in [-0.39, 0.29) is 17.5 Å². The molecule has 0 radical (unpaired) electrons. The van der Waals surface area contributed by atoms with Crippen LogP contribution in [0.2, 0.25) is 0 Å². The van der Waals surface area contributed by atoms with E-state index in [9.17, 15) is 14.7 Å². The minimum absolute atomic E-state index is 0.0136. The van der Waals surface area contributed by atoms with Crippen molar-refractivity contribution in [1.29, 1.82) is 0 Å². The number of esters is 1. The molecule has 144 valence electrons. The highest BCUT2D eigenvalue weighted by molar-refractivity contribution is 6.04. The number of phenols is 1. The molecule has 0 saturated carbocycles. The fraction of sp³-hybridized carbons (Fsp3) is 0.0455. The number of hydrogen-bond acceptors (Lipinski definition) is 6. The highest BCUT2D eigenvalue weighted by Crippen LogP contribution is 2.33. The van der Waals surface area contributed by atoms with Crippen LogP contribution >= 0.6 is 0 Å². The molecule has 3 aromatic carbocycles. The second-order valence-corrected chi connectivity index (χ2v) is 6.29. The third-order valence-corrected chi connectivity index (χ3v) is 4.16. The largest absolute Gasteiger partial charge is 0.507 e. The highest BCUT2D eigenvalue weighted by Gasteiger charge is 2.14. The summed E-state index contributed by atoms with van der Waals surface area (Å²) < 4.78 is 10.7. The van der Waals surface area contributed by atoms with Crippen LogP contribution in [0.25, 0.3) is 22.6 Å². The second-order valence-electron chi connectivity index (χ2n) is 6.29. The second kappa shape index (κ2) is 7.47. The molecule has 1 amide bonds. The number of para-hydroxylation sites is 2. The van der Waals surface area contributed by atoms with E-state index < -0.39 is 5.97 Å². The number of aromatic nitrogens is 1. The van der Waals surface area contributed by atoms with Crippen LogP contribution < -0.4 is 10.1 Å². The van der Waals surface area contributed by atoms with Crippen LogP contribution in [0, 0.1) is 0 Å². The molecule has 0 spiro atoms. The van der Waals surface area contributed by atoms with Crippen LogP contribution in [0.1, 0.15) is 17.3 Å². The first-order chi connectivity index (χ1) is 14.0. The van der Waals surface area contributed by atoms with Crippen LogP contribution in [-0.2, 0) is 4.79 Å². The normalized spacial score (nSPS) is 10.7. The molecule has 0 fully saturated rings. The molecule has 4 aromatic rings. The van der Waals surface area contributed by atoms with Crippen molar-refractivity contribution in [3.63, 3.8) is 0 Å². The summed E-state index contributed by atoms with van der Waals surface area (Å²) in [6, 6.07) is 18.1. The molecular formula is C22H16N2O5. The number of rotatable bonds is 4. The molecular weight excluding hydrogens is 372 g/mol. The van der Waals surface area contributed by atoms with Crippen molar-refractivity contribution >= 4 is 28.7 Å². The molecule has 0 saturated heterocycles. The highest BCUT2D eigenvalue weighted by atomic mass is 16.5. The fourth-order valence-electron chi connectivity index (χ4n) is 2.82. The molecule has 0 bridgehead atoms. The van der Waals surface area contributed by atoms with Gasteiger partial charge in [0.15, 0.2) is 5.58 Å². The first-order valence-corrected chi connectivity index (χ1v) is 8.78. The monoisotopic (exact) mass is 388 g/mol. The third kappa shape index (κ3) is 3.93. The zero-order valence-electron chi connectivity index (χ0n) is 15.4. The number of nitrogens with zero attached hydrogens (tertiary/aromatic N) is 1. The lowest BCUT2D eigenvalue weighted by Crippen LogP contribution is -2.12. The third-order valence-electron chi connectivity index (χ3n) is 4.16. The van der Waals surface area contributed by atoms with Crippen molar-refractivity contribution < 1.29 is 23.8 Å². The molecule has 1 aromatic heterocycles. The summed E-state index contributed by atoms with van der Waals surface area (Å²) in [6.07, 6.45) is 0. The Morgan fingerprint density at radius 1 is 1.03 bits per heavy atom. The number of aromatic hydroxyl groups is 1. The molecule has 7 heteroatoms. The summed E-state index contributed by atoms with van der Waals surface area (Å²) in [5.74, 6) is -0.186. The topological polar surface area (TPSA) is 102 Å². The lowest BCUT2D eigenvalue weighted by molar-refractivity contribution is -0.131. The van der Waals surface area contributed by atoms with Crippen LogP contribution in [0.3, 0.4) is 0 Å². The van der Waals surface area contributed by atoms with Gasteiger partial charge >= 0.3 is 5.97 Å². The van der Waals surface area contributed by atoms with Crippen molar-refractivity contribution in [2.45, 2.75) is 6.92 Å². The molecule has 1 heterocycles. The molecule has 4 rings (SSSR count). The maximum absolute atomic E-state index is 12.5. The van der Waals surface area contributed by atoms with Crippen LogP contribution in [-0.4, -0.2) is 22.0 Å². The van der Waals surface area contributed by atoms with Gasteiger partial charge in [0.25, 0.3) is 5.91 Å². The van der Waals surface area contributed by atoms with Gasteiger partial charge in [-0.2, -0.15) is 0 Å². The minimum atomic E-state index is -0.432. The summed E-state index contributed by atoms with van der Waals surface area (Å²) >= 11 is 0. The van der Waals surface area contributed by atoms with E-state index in [2.05, 4.69) is 10.3 Å². The number of ether oxygens (including phenoxy) is 1. The van der Waals surface area contributed by atoms with E-state index in [0.29, 0.717) is 33.7 Å². The summed E-state index contributed by atoms with van der Waals surface area (Å²) in [6.45, 7) is 1.31. The summed E-state index contributed by atoms with van der Waals surface area (Å²) in [4.78, 5) is 27.8. The molecule has 0 aliphatic heterocycles. The van der Waals surface area contributed by atoms with E-state index in [4.69, 9.17) is 9.15 Å². The van der Waals surface area contributed by atoms with Gasteiger partial charge in [-0.15, -0.1) is 0 Å². The molecule has 7 nitrogen and oxygen atoms in total. The SMILES string of the molecule is CC(=O)Oc1ccc(C(=O)Nc2ccc(O)c(-c3nc4ccccc4o3)c2)cc1. The smallest absolute Gasteiger partial charge is 0.308 e. The Kier molecular flexibility index (Phi) is 4.70. The Morgan fingerprint density at radius 2 is 1.79 bits per heavy atom. The summed E-state index contributed by atoms with van der Waals surface area (Å²) in [5, 5.41) is 13.0. The number of oxazole rings is 1. The van der Waals surface area contributed by atoms with Crippen molar-refractivity contribution in [2.24, 2.45) is 0 Å². The van der Waals surface area contributed by atoms with Gasteiger partial charge in [-0.1, -0.05) is 12.1 Å². The zero-order valence-corrected chi connectivity index (χ0v) is 15.4. The number of carbonyl (C=O) groups is 2. The van der Waals surface area contributed by atoms with Crippen molar-refractivity contribution in [3.8, 4) is 23.0 Å². The number of nitrogens with one attached hydrogen (secondary N) is 1. The number of fused-ring (bicyclic) bond motifs is 1. The van der Waals surface area contributed by atoms with Gasteiger partial charge in [0.2, 0.25) is 5.89 Å². The van der Waals surface area contributed by atoms with E-state index in [1.807, 2.05) is 18.2 Å². The predicted molar refractivity (Wildman–Crippen MR) is 107 cm³/mol. The number of phenolic OH excluding ortho intramolecular Hbond substituents is 1. The van der Waals surface area contributed by atoms with Gasteiger partial charge in [-0.05, 0) is 54.6 Å². The van der Waals surface area contributed by atoms with E-state index in [1.54, 1.807) is 30.3 Å². The standard InChI is InChI=1S/C22H16N2O5/c1-13(25)28-16-9-6-14(7-10-16)21(27)23-15-8-11-19(26)17(12-15)22-24-18-4-2-3-5-20(18)29-22/h2-12,26H,1H3,(H,23,27). The molecule has 0 unspecified atom stereocenters. The average molecular weight is 388 g/mol. The van der Waals surface area contributed by atoms with Gasteiger partial charge in [0, 0.05) is 18.2 Å². The lowest BCUT2D eigenvalue weighted by Gasteiger charge is -2.08. The van der Waals surface area contributed by atoms with Crippen molar-refractivity contribution in [3.05, 3.63) is 72.3 Å². The average Bonchev–Trinajstić information content (AvgIpc) is 3.13. The number of benzene rings is 3. The first kappa shape index (κ1) is 18.2. The van der Waals surface area contributed by atoms with Gasteiger partial charge in [0.1, 0.15) is 17.0 Å². The Balaban J connectivity index is 1.57. The zero-order chi connectivity index (χ0) is 20.4. The number of carbonyl (C=O) groups excluding carboxylic acids is 2. The lowest BCUT2D eigenvalue weighted by atomic mass is 10.1. The maximum atomic E-state index is 12.5. The van der Waals surface area contributed by atoms with Gasteiger partial charge < -0.3 is 19.6 Å².